The van der Waals surface area contributed by atoms with E-state index < -0.39 is 6.04 Å². The average Bonchev–Trinajstić information content (AvgIpc) is 2.64. The van der Waals surface area contributed by atoms with Crippen LogP contribution in [0.1, 0.15) is 12.5 Å². The molecule has 0 aliphatic heterocycles. The molecule has 2 amide bonds. The van der Waals surface area contributed by atoms with Crippen molar-refractivity contribution in [3.05, 3.63) is 65.2 Å². The molecule has 0 heterocycles. The third-order valence-electron chi connectivity index (χ3n) is 3.76. The van der Waals surface area contributed by atoms with Gasteiger partial charge in [-0.05, 0) is 36.8 Å². The van der Waals surface area contributed by atoms with Gasteiger partial charge in [-0.3, -0.25) is 9.59 Å². The number of rotatable bonds is 7. The van der Waals surface area contributed by atoms with Gasteiger partial charge in [0, 0.05) is 18.6 Å². The van der Waals surface area contributed by atoms with Crippen LogP contribution in [0.4, 0.5) is 0 Å². The summed E-state index contributed by atoms with van der Waals surface area (Å²) >= 11 is 6.01. The predicted molar refractivity (Wildman–Crippen MR) is 97.5 cm³/mol. The van der Waals surface area contributed by atoms with Gasteiger partial charge in [-0.25, -0.2) is 0 Å². The molecule has 1 atom stereocenters. The van der Waals surface area contributed by atoms with Crippen LogP contribution in [-0.2, 0) is 16.1 Å². The minimum atomic E-state index is -0.629. The molecule has 0 bridgehead atoms. The monoisotopic (exact) mass is 360 g/mol. The van der Waals surface area contributed by atoms with Gasteiger partial charge in [-0.15, -0.1) is 0 Å². The van der Waals surface area contributed by atoms with Crippen molar-refractivity contribution in [2.24, 2.45) is 0 Å². The number of nitrogens with zero attached hydrogens (tertiary/aromatic N) is 1. The zero-order valence-corrected chi connectivity index (χ0v) is 15.0. The van der Waals surface area contributed by atoms with Crippen LogP contribution in [0, 0.1) is 0 Å². The summed E-state index contributed by atoms with van der Waals surface area (Å²) in [5.74, 6) is 0.0844. The highest BCUT2D eigenvalue weighted by Crippen LogP contribution is 2.15. The summed E-state index contributed by atoms with van der Waals surface area (Å²) in [4.78, 5) is 26.2. The molecule has 0 fully saturated rings. The Labute approximate surface area is 152 Å². The summed E-state index contributed by atoms with van der Waals surface area (Å²) in [5, 5.41) is 3.15. The van der Waals surface area contributed by atoms with Gasteiger partial charge in [0.05, 0.1) is 0 Å². The van der Waals surface area contributed by atoms with E-state index in [1.165, 1.54) is 4.90 Å². The Balaban J connectivity index is 2.12. The first-order chi connectivity index (χ1) is 12.0. The number of benzene rings is 2. The molecule has 25 heavy (non-hydrogen) atoms. The van der Waals surface area contributed by atoms with Crippen molar-refractivity contribution < 1.29 is 14.3 Å². The summed E-state index contributed by atoms with van der Waals surface area (Å²) in [5.41, 5.74) is 0.844. The van der Waals surface area contributed by atoms with E-state index in [1.807, 2.05) is 30.3 Å². The molecule has 1 N–H and O–H groups in total. The zero-order chi connectivity index (χ0) is 18.2. The van der Waals surface area contributed by atoms with Crippen LogP contribution < -0.4 is 10.1 Å². The smallest absolute Gasteiger partial charge is 0.261 e. The number of nitrogens with one attached hydrogen (secondary N) is 1. The molecule has 0 aliphatic carbocycles. The standard InChI is InChI=1S/C19H21ClN2O3/c1-14(19(24)21-2)22(12-15-7-6-8-16(20)11-15)18(23)13-25-17-9-4-3-5-10-17/h3-11,14H,12-13H2,1-2H3,(H,21,24)/t14-/m1/s1. The quantitative estimate of drug-likeness (QED) is 0.826. The summed E-state index contributed by atoms with van der Waals surface area (Å²) in [7, 11) is 1.54. The maximum atomic E-state index is 12.7. The molecular formula is C19H21ClN2O3. The van der Waals surface area contributed by atoms with Crippen LogP contribution in [0.25, 0.3) is 0 Å². The van der Waals surface area contributed by atoms with Crippen LogP contribution in [0.5, 0.6) is 5.75 Å². The Hall–Kier alpha value is -2.53. The zero-order valence-electron chi connectivity index (χ0n) is 14.2. The number of hydrogen-bond donors (Lipinski definition) is 1. The van der Waals surface area contributed by atoms with E-state index in [-0.39, 0.29) is 25.0 Å². The van der Waals surface area contributed by atoms with Gasteiger partial charge in [0.2, 0.25) is 5.91 Å². The third-order valence-corrected chi connectivity index (χ3v) is 4.00. The molecule has 0 saturated carbocycles. The third kappa shape index (κ3) is 5.50. The molecule has 0 saturated heterocycles. The van der Waals surface area contributed by atoms with Gasteiger partial charge in [0.1, 0.15) is 11.8 Å². The van der Waals surface area contributed by atoms with E-state index in [1.54, 1.807) is 38.2 Å². The Morgan fingerprint density at radius 1 is 1.16 bits per heavy atom. The first-order valence-corrected chi connectivity index (χ1v) is 8.32. The van der Waals surface area contributed by atoms with Crippen molar-refractivity contribution in [3.8, 4) is 5.75 Å². The van der Waals surface area contributed by atoms with Gasteiger partial charge in [0.25, 0.3) is 5.91 Å². The van der Waals surface area contributed by atoms with Crippen LogP contribution >= 0.6 is 11.6 Å². The molecule has 2 aromatic rings. The Morgan fingerprint density at radius 2 is 1.88 bits per heavy atom. The molecule has 5 nitrogen and oxygen atoms in total. The fraction of sp³-hybridized carbons (Fsp3) is 0.263. The van der Waals surface area contributed by atoms with Crippen LogP contribution in [-0.4, -0.2) is 36.4 Å². The average molecular weight is 361 g/mol. The maximum absolute atomic E-state index is 12.7. The molecule has 132 valence electrons. The lowest BCUT2D eigenvalue weighted by Crippen LogP contribution is -2.48. The fourth-order valence-corrected chi connectivity index (χ4v) is 2.58. The molecule has 2 aromatic carbocycles. The maximum Gasteiger partial charge on any atom is 0.261 e. The summed E-state index contributed by atoms with van der Waals surface area (Å²) < 4.78 is 5.52. The lowest BCUT2D eigenvalue weighted by molar-refractivity contribution is -0.142. The number of halogens is 1. The number of carbonyl (C=O) groups is 2. The first kappa shape index (κ1) is 18.8. The molecule has 0 unspecified atom stereocenters. The second-order valence-corrected chi connectivity index (χ2v) is 5.98. The van der Waals surface area contributed by atoms with Crippen molar-refractivity contribution in [3.63, 3.8) is 0 Å². The summed E-state index contributed by atoms with van der Waals surface area (Å²) in [6.45, 7) is 1.81. The Morgan fingerprint density at radius 3 is 2.52 bits per heavy atom. The first-order valence-electron chi connectivity index (χ1n) is 7.94. The van der Waals surface area contributed by atoms with Gasteiger partial charge < -0.3 is 15.0 Å². The van der Waals surface area contributed by atoms with E-state index in [9.17, 15) is 9.59 Å². The number of amides is 2. The number of para-hydroxylation sites is 1. The molecule has 0 spiro atoms. The van der Waals surface area contributed by atoms with E-state index in [2.05, 4.69) is 5.32 Å². The number of likely N-dealkylation sites (N-methyl/N-ethyl adjacent to an activating group) is 1. The summed E-state index contributed by atoms with van der Waals surface area (Å²) in [6.07, 6.45) is 0. The highest BCUT2D eigenvalue weighted by atomic mass is 35.5. The van der Waals surface area contributed by atoms with Crippen LogP contribution in [0.2, 0.25) is 5.02 Å². The minimum absolute atomic E-state index is 0.147. The SMILES string of the molecule is CNC(=O)[C@@H](C)N(Cc1cccc(Cl)c1)C(=O)COc1ccccc1. The Bertz CT molecular complexity index is 722. The topological polar surface area (TPSA) is 58.6 Å². The lowest BCUT2D eigenvalue weighted by atomic mass is 10.1. The predicted octanol–water partition coefficient (Wildman–Crippen LogP) is 2.88. The van der Waals surface area contributed by atoms with Crippen LogP contribution in [0.3, 0.4) is 0 Å². The second-order valence-electron chi connectivity index (χ2n) is 5.54. The van der Waals surface area contributed by atoms with Crippen molar-refractivity contribution in [2.75, 3.05) is 13.7 Å². The lowest BCUT2D eigenvalue weighted by Gasteiger charge is -2.28. The molecule has 2 rings (SSSR count). The molecule has 0 aromatic heterocycles. The number of ether oxygens (including phenoxy) is 1. The van der Waals surface area contributed by atoms with Gasteiger partial charge >= 0.3 is 0 Å². The molecule has 0 radical (unpaired) electrons. The number of hydrogen-bond acceptors (Lipinski definition) is 3. The molecular weight excluding hydrogens is 340 g/mol. The van der Waals surface area contributed by atoms with Crippen molar-refractivity contribution in [1.29, 1.82) is 0 Å². The van der Waals surface area contributed by atoms with Crippen molar-refractivity contribution in [1.82, 2.24) is 10.2 Å². The van der Waals surface area contributed by atoms with Crippen LogP contribution in [0.15, 0.2) is 54.6 Å². The van der Waals surface area contributed by atoms with E-state index >= 15 is 0 Å². The Kier molecular flexibility index (Phi) is 6.83. The second kappa shape index (κ2) is 9.08. The van der Waals surface area contributed by atoms with E-state index in [0.29, 0.717) is 10.8 Å². The van der Waals surface area contributed by atoms with Gasteiger partial charge in [-0.1, -0.05) is 41.9 Å². The number of carbonyl (C=O) groups excluding carboxylic acids is 2. The van der Waals surface area contributed by atoms with Crippen molar-refractivity contribution >= 4 is 23.4 Å². The van der Waals surface area contributed by atoms with Crippen molar-refractivity contribution in [2.45, 2.75) is 19.5 Å². The van der Waals surface area contributed by atoms with E-state index in [0.717, 1.165) is 5.56 Å². The summed E-state index contributed by atoms with van der Waals surface area (Å²) in [6, 6.07) is 15.7. The normalized spacial score (nSPS) is 11.5. The minimum Gasteiger partial charge on any atom is -0.484 e. The van der Waals surface area contributed by atoms with E-state index in [4.69, 9.17) is 16.3 Å². The largest absolute Gasteiger partial charge is 0.484 e. The van der Waals surface area contributed by atoms with Gasteiger partial charge in [0.15, 0.2) is 6.61 Å². The highest BCUT2D eigenvalue weighted by molar-refractivity contribution is 6.30. The molecule has 0 aliphatic rings. The molecule has 6 heteroatoms. The highest BCUT2D eigenvalue weighted by Gasteiger charge is 2.25. The van der Waals surface area contributed by atoms with Gasteiger partial charge in [-0.2, -0.15) is 0 Å². The fourth-order valence-electron chi connectivity index (χ4n) is 2.37.